The van der Waals surface area contributed by atoms with Crippen LogP contribution >= 0.6 is 11.6 Å². The minimum atomic E-state index is 0.0884. The molecular weight excluding hydrogens is 268 g/mol. The van der Waals surface area contributed by atoms with E-state index >= 15 is 0 Å². The second-order valence-corrected chi connectivity index (χ2v) is 6.85. The van der Waals surface area contributed by atoms with E-state index in [1.54, 1.807) is 0 Å². The van der Waals surface area contributed by atoms with Crippen LogP contribution in [0, 0.1) is 11.8 Å². The van der Waals surface area contributed by atoms with Gasteiger partial charge in [0, 0.05) is 11.1 Å². The van der Waals surface area contributed by atoms with Crippen LogP contribution in [0.2, 0.25) is 5.02 Å². The lowest BCUT2D eigenvalue weighted by Crippen LogP contribution is -2.44. The number of hydrogen-bond donors (Lipinski definition) is 1. The molecule has 1 aromatic rings. The Morgan fingerprint density at radius 3 is 2.25 bits per heavy atom. The molecule has 0 spiro atoms. The van der Waals surface area contributed by atoms with Crippen molar-refractivity contribution in [3.05, 3.63) is 34.9 Å². The Kier molecular flexibility index (Phi) is 5.48. The number of rotatable bonds is 4. The third-order valence-electron chi connectivity index (χ3n) is 4.63. The van der Waals surface area contributed by atoms with Crippen LogP contribution in [-0.4, -0.2) is 24.0 Å². The third-order valence-corrected chi connectivity index (χ3v) is 4.98. The van der Waals surface area contributed by atoms with E-state index < -0.39 is 0 Å². The van der Waals surface area contributed by atoms with Crippen molar-refractivity contribution >= 4 is 11.6 Å². The molecule has 2 rings (SSSR count). The Morgan fingerprint density at radius 1 is 1.15 bits per heavy atom. The molecule has 1 aromatic carbocycles. The van der Waals surface area contributed by atoms with Crippen molar-refractivity contribution in [2.75, 3.05) is 13.1 Å². The number of nitrogens with zero attached hydrogens (tertiary/aromatic N) is 1. The molecule has 2 nitrogen and oxygen atoms in total. The molecule has 0 aliphatic carbocycles. The minimum absolute atomic E-state index is 0.0884. The van der Waals surface area contributed by atoms with Crippen LogP contribution in [-0.2, 0) is 0 Å². The van der Waals surface area contributed by atoms with Gasteiger partial charge in [0.25, 0.3) is 0 Å². The summed E-state index contributed by atoms with van der Waals surface area (Å²) in [5.74, 6) is 1.64. The van der Waals surface area contributed by atoms with E-state index in [9.17, 15) is 0 Å². The number of likely N-dealkylation sites (tertiary alicyclic amines) is 1. The van der Waals surface area contributed by atoms with Crippen molar-refractivity contribution in [2.24, 2.45) is 17.6 Å². The fraction of sp³-hybridized carbons (Fsp3) is 0.647. The first kappa shape index (κ1) is 15.8. The van der Waals surface area contributed by atoms with E-state index in [0.29, 0.717) is 0 Å². The van der Waals surface area contributed by atoms with Gasteiger partial charge in [0.15, 0.2) is 0 Å². The molecule has 0 amide bonds. The maximum atomic E-state index is 6.38. The normalized spacial score (nSPS) is 21.1. The summed E-state index contributed by atoms with van der Waals surface area (Å²) in [4.78, 5) is 2.52. The van der Waals surface area contributed by atoms with Gasteiger partial charge in [-0.25, -0.2) is 0 Å². The summed E-state index contributed by atoms with van der Waals surface area (Å²) in [6.45, 7) is 9.00. The van der Waals surface area contributed by atoms with Gasteiger partial charge in [0.05, 0.1) is 6.04 Å². The molecule has 2 N–H and O–H groups in total. The largest absolute Gasteiger partial charge is 0.326 e. The van der Waals surface area contributed by atoms with Crippen molar-refractivity contribution < 1.29 is 0 Å². The van der Waals surface area contributed by atoms with Crippen LogP contribution < -0.4 is 5.73 Å². The molecule has 112 valence electrons. The van der Waals surface area contributed by atoms with Crippen molar-refractivity contribution in [1.29, 1.82) is 0 Å². The molecule has 0 bridgehead atoms. The summed E-state index contributed by atoms with van der Waals surface area (Å²) in [5.41, 5.74) is 7.44. The van der Waals surface area contributed by atoms with E-state index in [1.807, 2.05) is 12.1 Å². The van der Waals surface area contributed by atoms with Gasteiger partial charge in [0.1, 0.15) is 0 Å². The lowest BCUT2D eigenvalue weighted by molar-refractivity contribution is 0.103. The Bertz CT molecular complexity index is 423. The lowest BCUT2D eigenvalue weighted by Gasteiger charge is -2.40. The molecule has 1 aliphatic rings. The zero-order chi connectivity index (χ0) is 14.7. The van der Waals surface area contributed by atoms with Gasteiger partial charge in [-0.3, -0.25) is 4.90 Å². The molecule has 1 heterocycles. The Labute approximate surface area is 128 Å². The van der Waals surface area contributed by atoms with Crippen molar-refractivity contribution in [1.82, 2.24) is 4.90 Å². The average molecular weight is 295 g/mol. The number of nitrogens with two attached hydrogens (primary N) is 1. The zero-order valence-corrected chi connectivity index (χ0v) is 13.6. The van der Waals surface area contributed by atoms with Crippen molar-refractivity contribution in [3.8, 4) is 0 Å². The van der Waals surface area contributed by atoms with E-state index in [-0.39, 0.29) is 12.1 Å². The van der Waals surface area contributed by atoms with Gasteiger partial charge in [-0.05, 0) is 56.3 Å². The quantitative estimate of drug-likeness (QED) is 0.906. The summed E-state index contributed by atoms with van der Waals surface area (Å²) in [6.07, 6.45) is 2.54. The number of piperidine rings is 1. The van der Waals surface area contributed by atoms with Gasteiger partial charge < -0.3 is 5.73 Å². The number of halogens is 1. The second-order valence-electron chi connectivity index (χ2n) is 6.44. The SMILES string of the molecule is CC(C)C1CCN(C(c2ccccc2Cl)C(C)N)CC1. The zero-order valence-electron chi connectivity index (χ0n) is 12.8. The molecule has 0 saturated carbocycles. The molecule has 3 heteroatoms. The summed E-state index contributed by atoms with van der Waals surface area (Å²) >= 11 is 6.38. The molecule has 2 unspecified atom stereocenters. The Hall–Kier alpha value is -0.570. The summed E-state index contributed by atoms with van der Waals surface area (Å²) in [5, 5.41) is 0.834. The first-order chi connectivity index (χ1) is 9.50. The van der Waals surface area contributed by atoms with Crippen LogP contribution in [0.15, 0.2) is 24.3 Å². The molecule has 1 fully saturated rings. The molecular formula is C17H27ClN2. The predicted octanol–water partition coefficient (Wildman–Crippen LogP) is 4.10. The van der Waals surface area contributed by atoms with Crippen LogP contribution in [0.4, 0.5) is 0 Å². The van der Waals surface area contributed by atoms with Crippen molar-refractivity contribution in [2.45, 2.75) is 45.7 Å². The molecule has 2 atom stereocenters. The molecule has 1 saturated heterocycles. The highest BCUT2D eigenvalue weighted by molar-refractivity contribution is 6.31. The van der Waals surface area contributed by atoms with Gasteiger partial charge in [-0.1, -0.05) is 43.6 Å². The van der Waals surface area contributed by atoms with Gasteiger partial charge >= 0.3 is 0 Å². The van der Waals surface area contributed by atoms with Crippen LogP contribution in [0.3, 0.4) is 0 Å². The minimum Gasteiger partial charge on any atom is -0.326 e. The molecule has 1 aliphatic heterocycles. The van der Waals surface area contributed by atoms with E-state index in [4.69, 9.17) is 17.3 Å². The van der Waals surface area contributed by atoms with Crippen LogP contribution in [0.5, 0.6) is 0 Å². The van der Waals surface area contributed by atoms with Gasteiger partial charge in [-0.2, -0.15) is 0 Å². The fourth-order valence-electron chi connectivity index (χ4n) is 3.39. The molecule has 20 heavy (non-hydrogen) atoms. The third kappa shape index (κ3) is 3.55. The summed E-state index contributed by atoms with van der Waals surface area (Å²) in [6, 6.07) is 8.44. The second kappa shape index (κ2) is 6.93. The van der Waals surface area contributed by atoms with Gasteiger partial charge in [-0.15, -0.1) is 0 Å². The summed E-state index contributed by atoms with van der Waals surface area (Å²) in [7, 11) is 0. The first-order valence-electron chi connectivity index (χ1n) is 7.74. The van der Waals surface area contributed by atoms with Gasteiger partial charge in [0.2, 0.25) is 0 Å². The lowest BCUT2D eigenvalue weighted by atomic mass is 9.85. The van der Waals surface area contributed by atoms with Crippen molar-refractivity contribution in [3.63, 3.8) is 0 Å². The predicted molar refractivity (Wildman–Crippen MR) is 87.0 cm³/mol. The summed E-state index contributed by atoms with van der Waals surface area (Å²) < 4.78 is 0. The average Bonchev–Trinajstić information content (AvgIpc) is 2.41. The first-order valence-corrected chi connectivity index (χ1v) is 8.12. The number of hydrogen-bond acceptors (Lipinski definition) is 2. The topological polar surface area (TPSA) is 29.3 Å². The van der Waals surface area contributed by atoms with Crippen LogP contribution in [0.1, 0.15) is 45.2 Å². The number of benzene rings is 1. The fourth-order valence-corrected chi connectivity index (χ4v) is 3.64. The molecule has 0 aromatic heterocycles. The highest BCUT2D eigenvalue weighted by atomic mass is 35.5. The van der Waals surface area contributed by atoms with E-state index in [2.05, 4.69) is 37.8 Å². The van der Waals surface area contributed by atoms with Crippen LogP contribution in [0.25, 0.3) is 0 Å². The molecule has 0 radical (unpaired) electrons. The smallest absolute Gasteiger partial charge is 0.0511 e. The van der Waals surface area contributed by atoms with E-state index in [0.717, 1.165) is 29.9 Å². The monoisotopic (exact) mass is 294 g/mol. The Morgan fingerprint density at radius 2 is 1.75 bits per heavy atom. The van der Waals surface area contributed by atoms with E-state index in [1.165, 1.54) is 18.4 Å². The highest BCUT2D eigenvalue weighted by Gasteiger charge is 2.30. The maximum absolute atomic E-state index is 6.38. The highest BCUT2D eigenvalue weighted by Crippen LogP contribution is 2.34. The maximum Gasteiger partial charge on any atom is 0.0511 e. The standard InChI is InChI=1S/C17H27ClN2/c1-12(2)14-8-10-20(11-9-14)17(13(3)19)15-6-4-5-7-16(15)18/h4-7,12-14,17H,8-11,19H2,1-3H3. The Balaban J connectivity index is 2.13.